The Morgan fingerprint density at radius 2 is 1.47 bits per heavy atom. The first kappa shape index (κ1) is 23.9. The molecule has 0 atom stereocenters. The Morgan fingerprint density at radius 1 is 0.794 bits per heavy atom. The van der Waals surface area contributed by atoms with Gasteiger partial charge in [0.25, 0.3) is 0 Å². The Bertz CT molecular complexity index is 989. The van der Waals surface area contributed by atoms with Gasteiger partial charge in [-0.25, -0.2) is 9.59 Å². The number of piperidine rings is 1. The van der Waals surface area contributed by atoms with Crippen molar-refractivity contribution < 1.29 is 19.1 Å². The quantitative estimate of drug-likeness (QED) is 0.470. The van der Waals surface area contributed by atoms with Gasteiger partial charge in [0.15, 0.2) is 5.75 Å². The summed E-state index contributed by atoms with van der Waals surface area (Å²) in [5.41, 5.74) is 2.03. The van der Waals surface area contributed by atoms with Gasteiger partial charge in [-0.3, -0.25) is 0 Å². The molecule has 2 aromatic carbocycles. The molecule has 2 saturated heterocycles. The number of hydrogen-bond acceptors (Lipinski definition) is 6. The topological polar surface area (TPSA) is 62.3 Å². The van der Waals surface area contributed by atoms with Crippen LogP contribution >= 0.6 is 0 Å². The number of ether oxygens (including phenoxy) is 2. The lowest BCUT2D eigenvalue weighted by Gasteiger charge is -2.38. The van der Waals surface area contributed by atoms with E-state index >= 15 is 0 Å². The third-order valence-electron chi connectivity index (χ3n) is 6.15. The summed E-state index contributed by atoms with van der Waals surface area (Å²) >= 11 is 0. The summed E-state index contributed by atoms with van der Waals surface area (Å²) < 4.78 is 11.4. The van der Waals surface area contributed by atoms with E-state index in [0.717, 1.165) is 24.5 Å². The molecule has 2 heterocycles. The normalized spacial score (nSPS) is 16.9. The standard InChI is InChI=1S/C27H35N3O4/c1-27(2,3)34-26(32)30-18-16-29(17-19-30)23-20-22(28-14-8-5-9-15-28)12-13-24(23)33-25(31)21-10-6-4-7-11-21/h4,6-7,10-13,20H,5,8-9,14-19H2,1-3H3. The summed E-state index contributed by atoms with van der Waals surface area (Å²) in [5.74, 6) is 0.167. The zero-order valence-corrected chi connectivity index (χ0v) is 20.5. The fourth-order valence-corrected chi connectivity index (χ4v) is 4.38. The van der Waals surface area contributed by atoms with Crippen molar-refractivity contribution in [2.45, 2.75) is 45.6 Å². The van der Waals surface area contributed by atoms with Crippen LogP contribution in [0.3, 0.4) is 0 Å². The minimum absolute atomic E-state index is 0.287. The lowest BCUT2D eigenvalue weighted by atomic mass is 10.1. The van der Waals surface area contributed by atoms with E-state index in [1.165, 1.54) is 19.3 Å². The van der Waals surface area contributed by atoms with Crippen LogP contribution in [-0.2, 0) is 4.74 Å². The van der Waals surface area contributed by atoms with Crippen LogP contribution < -0.4 is 14.5 Å². The third kappa shape index (κ3) is 6.01. The highest BCUT2D eigenvalue weighted by Crippen LogP contribution is 2.35. The van der Waals surface area contributed by atoms with Crippen LogP contribution in [0.25, 0.3) is 0 Å². The maximum absolute atomic E-state index is 12.8. The molecule has 7 nitrogen and oxygen atoms in total. The molecule has 4 rings (SSSR count). The van der Waals surface area contributed by atoms with Crippen molar-refractivity contribution in [2.75, 3.05) is 49.1 Å². The Balaban J connectivity index is 1.53. The number of amides is 1. The van der Waals surface area contributed by atoms with Crippen molar-refractivity contribution in [3.63, 3.8) is 0 Å². The first-order chi connectivity index (χ1) is 16.3. The summed E-state index contributed by atoms with van der Waals surface area (Å²) in [7, 11) is 0. The molecule has 0 unspecified atom stereocenters. The number of benzene rings is 2. The molecular formula is C27H35N3O4. The zero-order valence-electron chi connectivity index (χ0n) is 20.5. The molecule has 0 bridgehead atoms. The monoisotopic (exact) mass is 465 g/mol. The van der Waals surface area contributed by atoms with E-state index in [0.29, 0.717) is 37.5 Å². The van der Waals surface area contributed by atoms with Gasteiger partial charge in [-0.2, -0.15) is 0 Å². The van der Waals surface area contributed by atoms with Gasteiger partial charge < -0.3 is 24.2 Å². The molecule has 182 valence electrons. The number of rotatable bonds is 4. The van der Waals surface area contributed by atoms with E-state index in [-0.39, 0.29) is 12.1 Å². The number of nitrogens with zero attached hydrogens (tertiary/aromatic N) is 3. The highest BCUT2D eigenvalue weighted by Gasteiger charge is 2.28. The molecule has 2 aliphatic heterocycles. The summed E-state index contributed by atoms with van der Waals surface area (Å²) in [4.78, 5) is 31.6. The number of carbonyl (C=O) groups excluding carboxylic acids is 2. The molecular weight excluding hydrogens is 430 g/mol. The Hall–Kier alpha value is -3.22. The second kappa shape index (κ2) is 10.4. The fraction of sp³-hybridized carbons (Fsp3) is 0.481. The molecule has 0 aromatic heterocycles. The summed E-state index contributed by atoms with van der Waals surface area (Å²) in [6, 6.07) is 15.1. The minimum atomic E-state index is -0.518. The van der Waals surface area contributed by atoms with Gasteiger partial charge in [0, 0.05) is 45.0 Å². The minimum Gasteiger partial charge on any atom is -0.444 e. The second-order valence-corrected chi connectivity index (χ2v) is 9.91. The average Bonchev–Trinajstić information content (AvgIpc) is 2.84. The van der Waals surface area contributed by atoms with E-state index in [2.05, 4.69) is 15.9 Å². The van der Waals surface area contributed by atoms with Crippen molar-refractivity contribution in [2.24, 2.45) is 0 Å². The van der Waals surface area contributed by atoms with Gasteiger partial charge in [0.2, 0.25) is 0 Å². The van der Waals surface area contributed by atoms with Crippen LogP contribution in [0.15, 0.2) is 48.5 Å². The fourth-order valence-electron chi connectivity index (χ4n) is 4.38. The van der Waals surface area contributed by atoms with Crippen molar-refractivity contribution in [1.29, 1.82) is 0 Å². The van der Waals surface area contributed by atoms with Crippen LogP contribution in [0, 0.1) is 0 Å². The largest absolute Gasteiger partial charge is 0.444 e. The molecule has 0 saturated carbocycles. The Morgan fingerprint density at radius 3 is 2.12 bits per heavy atom. The maximum Gasteiger partial charge on any atom is 0.410 e. The summed E-state index contributed by atoms with van der Waals surface area (Å²) in [6.45, 7) is 10.1. The van der Waals surface area contributed by atoms with Crippen LogP contribution in [0.2, 0.25) is 0 Å². The smallest absolute Gasteiger partial charge is 0.410 e. The number of hydrogen-bond donors (Lipinski definition) is 0. The van der Waals surface area contributed by atoms with Gasteiger partial charge >= 0.3 is 12.1 Å². The molecule has 2 aromatic rings. The van der Waals surface area contributed by atoms with Gasteiger partial charge in [-0.05, 0) is 70.4 Å². The summed E-state index contributed by atoms with van der Waals surface area (Å²) in [6.07, 6.45) is 3.36. The molecule has 34 heavy (non-hydrogen) atoms. The lowest BCUT2D eigenvalue weighted by molar-refractivity contribution is 0.0240. The molecule has 2 fully saturated rings. The van der Waals surface area contributed by atoms with Gasteiger partial charge in [0.1, 0.15) is 5.60 Å². The number of esters is 1. The number of carbonyl (C=O) groups is 2. The molecule has 0 aliphatic carbocycles. The van der Waals surface area contributed by atoms with Crippen LogP contribution in [0.1, 0.15) is 50.4 Å². The molecule has 7 heteroatoms. The van der Waals surface area contributed by atoms with E-state index in [9.17, 15) is 9.59 Å². The molecule has 0 radical (unpaired) electrons. The Kier molecular flexibility index (Phi) is 7.29. The lowest BCUT2D eigenvalue weighted by Crippen LogP contribution is -2.50. The van der Waals surface area contributed by atoms with Crippen molar-refractivity contribution >= 4 is 23.4 Å². The third-order valence-corrected chi connectivity index (χ3v) is 6.15. The second-order valence-electron chi connectivity index (χ2n) is 9.91. The maximum atomic E-state index is 12.8. The Labute approximate surface area is 202 Å². The van der Waals surface area contributed by atoms with Crippen LogP contribution in [0.5, 0.6) is 5.75 Å². The number of anilines is 2. The molecule has 1 amide bonds. The van der Waals surface area contributed by atoms with E-state index in [1.54, 1.807) is 17.0 Å². The van der Waals surface area contributed by atoms with E-state index < -0.39 is 5.60 Å². The first-order valence-corrected chi connectivity index (χ1v) is 12.2. The van der Waals surface area contributed by atoms with Crippen molar-refractivity contribution in [3.8, 4) is 5.75 Å². The van der Waals surface area contributed by atoms with Crippen LogP contribution in [0.4, 0.5) is 16.2 Å². The predicted octanol–water partition coefficient (Wildman–Crippen LogP) is 4.95. The highest BCUT2D eigenvalue weighted by atomic mass is 16.6. The average molecular weight is 466 g/mol. The van der Waals surface area contributed by atoms with Crippen molar-refractivity contribution in [3.05, 3.63) is 54.1 Å². The van der Waals surface area contributed by atoms with E-state index in [4.69, 9.17) is 9.47 Å². The van der Waals surface area contributed by atoms with Gasteiger partial charge in [-0.15, -0.1) is 0 Å². The van der Waals surface area contributed by atoms with Gasteiger partial charge in [-0.1, -0.05) is 18.2 Å². The van der Waals surface area contributed by atoms with Crippen molar-refractivity contribution in [1.82, 2.24) is 4.90 Å². The predicted molar refractivity (Wildman–Crippen MR) is 134 cm³/mol. The molecule has 2 aliphatic rings. The van der Waals surface area contributed by atoms with Crippen LogP contribution in [-0.4, -0.2) is 61.8 Å². The van der Waals surface area contributed by atoms with E-state index in [1.807, 2.05) is 51.1 Å². The molecule has 0 spiro atoms. The molecule has 0 N–H and O–H groups in total. The SMILES string of the molecule is CC(C)(C)OC(=O)N1CCN(c2cc(N3CCCCC3)ccc2OC(=O)c2ccccc2)CC1. The van der Waals surface area contributed by atoms with Gasteiger partial charge in [0.05, 0.1) is 11.3 Å². The zero-order chi connectivity index (χ0) is 24.1. The first-order valence-electron chi connectivity index (χ1n) is 12.2. The highest BCUT2D eigenvalue weighted by molar-refractivity contribution is 5.92. The number of piperazine rings is 1. The summed E-state index contributed by atoms with van der Waals surface area (Å²) in [5, 5.41) is 0.